The minimum absolute atomic E-state index is 0.193. The van der Waals surface area contributed by atoms with E-state index in [9.17, 15) is 4.79 Å². The first-order chi connectivity index (χ1) is 12.9. The van der Waals surface area contributed by atoms with Gasteiger partial charge in [-0.25, -0.2) is 4.79 Å². The molecule has 0 aliphatic carbocycles. The largest absolute Gasteiger partial charge is 0.477 e. The van der Waals surface area contributed by atoms with Crippen molar-refractivity contribution >= 4 is 29.2 Å². The number of halogens is 2. The Morgan fingerprint density at radius 3 is 2.52 bits per heavy atom. The fourth-order valence-corrected chi connectivity index (χ4v) is 2.68. The molecule has 0 unspecified atom stereocenters. The lowest BCUT2D eigenvalue weighted by molar-refractivity contribution is -0.157. The quantitative estimate of drug-likeness (QED) is 0.529. The van der Waals surface area contributed by atoms with Gasteiger partial charge in [0.15, 0.2) is 12.2 Å². The fraction of sp³-hybridized carbons (Fsp3) is 0.211. The van der Waals surface area contributed by atoms with Gasteiger partial charge in [0.1, 0.15) is 5.75 Å². The fourth-order valence-electron chi connectivity index (χ4n) is 2.23. The van der Waals surface area contributed by atoms with Crippen LogP contribution >= 0.6 is 23.2 Å². The molecule has 3 rings (SSSR count). The lowest BCUT2D eigenvalue weighted by Gasteiger charge is -2.16. The Morgan fingerprint density at radius 1 is 1.07 bits per heavy atom. The van der Waals surface area contributed by atoms with E-state index in [-0.39, 0.29) is 5.89 Å². The molecule has 0 aliphatic heterocycles. The average Bonchev–Trinajstić information content (AvgIpc) is 3.15. The summed E-state index contributed by atoms with van der Waals surface area (Å²) in [6, 6.07) is 14.0. The number of rotatable bonds is 6. The highest BCUT2D eigenvalue weighted by atomic mass is 35.5. The van der Waals surface area contributed by atoms with Crippen LogP contribution in [0.5, 0.6) is 5.75 Å². The van der Waals surface area contributed by atoms with Gasteiger partial charge in [0.05, 0.1) is 5.02 Å². The maximum absolute atomic E-state index is 12.3. The minimum Gasteiger partial charge on any atom is -0.477 e. The van der Waals surface area contributed by atoms with E-state index in [0.717, 1.165) is 5.56 Å². The Bertz CT molecular complexity index is 930. The number of benzene rings is 2. The third-order valence-electron chi connectivity index (χ3n) is 3.63. The number of aromatic nitrogens is 2. The number of hydrogen-bond acceptors (Lipinski definition) is 6. The Morgan fingerprint density at radius 2 is 1.81 bits per heavy atom. The molecule has 140 valence electrons. The van der Waals surface area contributed by atoms with Gasteiger partial charge in [0.25, 0.3) is 5.89 Å². The van der Waals surface area contributed by atoms with Crippen molar-refractivity contribution in [3.63, 3.8) is 0 Å². The molecule has 0 saturated carbocycles. The van der Waals surface area contributed by atoms with Crippen LogP contribution in [0.15, 0.2) is 52.9 Å². The number of esters is 1. The second-order valence-electron chi connectivity index (χ2n) is 5.73. The van der Waals surface area contributed by atoms with Crippen molar-refractivity contribution in [1.82, 2.24) is 10.2 Å². The van der Waals surface area contributed by atoms with Gasteiger partial charge in [-0.1, -0.05) is 41.4 Å². The van der Waals surface area contributed by atoms with Crippen molar-refractivity contribution in [3.05, 3.63) is 64.5 Å². The normalized spacial score (nSPS) is 13.0. The summed E-state index contributed by atoms with van der Waals surface area (Å²) in [5.74, 6) is 0.292. The molecule has 0 fully saturated rings. The van der Waals surface area contributed by atoms with Crippen molar-refractivity contribution in [2.45, 2.75) is 26.1 Å². The molecule has 1 aromatic heterocycles. The lowest BCUT2D eigenvalue weighted by atomic mass is 10.2. The van der Waals surface area contributed by atoms with Crippen LogP contribution in [0.1, 0.15) is 25.8 Å². The minimum atomic E-state index is -0.886. The van der Waals surface area contributed by atoms with E-state index in [0.29, 0.717) is 21.7 Å². The van der Waals surface area contributed by atoms with Gasteiger partial charge in [-0.05, 0) is 44.2 Å². The first-order valence-corrected chi connectivity index (χ1v) is 8.90. The second kappa shape index (κ2) is 8.41. The molecule has 2 aromatic carbocycles. The number of carbonyl (C=O) groups excluding carboxylic acids is 1. The van der Waals surface area contributed by atoms with Crippen LogP contribution in [0, 0.1) is 0 Å². The maximum atomic E-state index is 12.3. The van der Waals surface area contributed by atoms with Gasteiger partial charge < -0.3 is 13.9 Å². The van der Waals surface area contributed by atoms with Crippen LogP contribution in [0.25, 0.3) is 11.5 Å². The summed E-state index contributed by atoms with van der Waals surface area (Å²) in [5.41, 5.74) is 0.781. The molecule has 27 heavy (non-hydrogen) atoms. The molecule has 0 aliphatic rings. The predicted molar refractivity (Wildman–Crippen MR) is 101 cm³/mol. The summed E-state index contributed by atoms with van der Waals surface area (Å²) in [5, 5.41) is 8.70. The van der Waals surface area contributed by atoms with E-state index >= 15 is 0 Å². The zero-order valence-electron chi connectivity index (χ0n) is 14.6. The van der Waals surface area contributed by atoms with Crippen LogP contribution in [-0.4, -0.2) is 22.3 Å². The van der Waals surface area contributed by atoms with Gasteiger partial charge in [-0.2, -0.15) is 0 Å². The Labute approximate surface area is 166 Å². The zero-order chi connectivity index (χ0) is 19.4. The van der Waals surface area contributed by atoms with Crippen LogP contribution in [0.2, 0.25) is 10.0 Å². The average molecular weight is 407 g/mol. The molecular weight excluding hydrogens is 391 g/mol. The first kappa shape index (κ1) is 19.2. The maximum Gasteiger partial charge on any atom is 0.347 e. The van der Waals surface area contributed by atoms with E-state index in [4.69, 9.17) is 37.1 Å². The highest BCUT2D eigenvalue weighted by molar-refractivity contribution is 6.35. The first-order valence-electron chi connectivity index (χ1n) is 8.15. The van der Waals surface area contributed by atoms with Gasteiger partial charge in [0.2, 0.25) is 5.89 Å². The molecule has 0 bridgehead atoms. The van der Waals surface area contributed by atoms with Crippen LogP contribution in [-0.2, 0) is 9.53 Å². The number of ether oxygens (including phenoxy) is 2. The van der Waals surface area contributed by atoms with E-state index in [1.54, 1.807) is 26.0 Å². The number of nitrogens with zero attached hydrogens (tertiary/aromatic N) is 2. The molecular formula is C19H16Cl2N2O4. The van der Waals surface area contributed by atoms with Crippen molar-refractivity contribution in [3.8, 4) is 17.2 Å². The van der Waals surface area contributed by atoms with Crippen molar-refractivity contribution in [1.29, 1.82) is 0 Å². The predicted octanol–water partition coefficient (Wildman–Crippen LogP) is 5.12. The topological polar surface area (TPSA) is 74.5 Å². The molecule has 8 heteroatoms. The summed E-state index contributed by atoms with van der Waals surface area (Å²) in [4.78, 5) is 12.3. The third-order valence-corrected chi connectivity index (χ3v) is 4.16. The molecule has 2 atom stereocenters. The SMILES string of the molecule is C[C@@H](Oc1ccc(Cl)cc1Cl)C(=O)O[C@H](C)c1nnc(-c2ccccc2)o1. The van der Waals surface area contributed by atoms with Crippen molar-refractivity contribution < 1.29 is 18.7 Å². The van der Waals surface area contributed by atoms with Crippen molar-refractivity contribution in [2.24, 2.45) is 0 Å². The van der Waals surface area contributed by atoms with Gasteiger partial charge in [-0.3, -0.25) is 0 Å². The van der Waals surface area contributed by atoms with E-state index in [2.05, 4.69) is 10.2 Å². The second-order valence-corrected chi connectivity index (χ2v) is 6.57. The van der Waals surface area contributed by atoms with E-state index in [1.807, 2.05) is 30.3 Å². The van der Waals surface area contributed by atoms with E-state index < -0.39 is 18.2 Å². The molecule has 0 N–H and O–H groups in total. The van der Waals surface area contributed by atoms with Crippen LogP contribution in [0.3, 0.4) is 0 Å². The van der Waals surface area contributed by atoms with Gasteiger partial charge in [0, 0.05) is 10.6 Å². The van der Waals surface area contributed by atoms with Crippen LogP contribution < -0.4 is 4.74 Å². The Hall–Kier alpha value is -2.57. The Balaban J connectivity index is 1.62. The smallest absolute Gasteiger partial charge is 0.347 e. The van der Waals surface area contributed by atoms with Crippen LogP contribution in [0.4, 0.5) is 0 Å². The summed E-state index contributed by atoms with van der Waals surface area (Å²) < 4.78 is 16.5. The lowest BCUT2D eigenvalue weighted by Crippen LogP contribution is -2.27. The molecule has 6 nitrogen and oxygen atoms in total. The van der Waals surface area contributed by atoms with E-state index in [1.165, 1.54) is 6.07 Å². The highest BCUT2D eigenvalue weighted by Gasteiger charge is 2.24. The summed E-state index contributed by atoms with van der Waals surface area (Å²) in [6.45, 7) is 3.20. The summed E-state index contributed by atoms with van der Waals surface area (Å²) in [7, 11) is 0. The number of hydrogen-bond donors (Lipinski definition) is 0. The monoisotopic (exact) mass is 406 g/mol. The van der Waals surface area contributed by atoms with Gasteiger partial charge >= 0.3 is 5.97 Å². The Kier molecular flexibility index (Phi) is 5.98. The number of carbonyl (C=O) groups is 1. The van der Waals surface area contributed by atoms with Gasteiger partial charge in [-0.15, -0.1) is 10.2 Å². The zero-order valence-corrected chi connectivity index (χ0v) is 16.1. The molecule has 0 amide bonds. The standard InChI is InChI=1S/C19H16Cl2N2O4/c1-11(17-22-23-18(27-17)13-6-4-3-5-7-13)26-19(24)12(2)25-16-9-8-14(20)10-15(16)21/h3-12H,1-2H3/t11-,12-/m1/s1. The summed E-state index contributed by atoms with van der Waals surface area (Å²) >= 11 is 11.9. The molecule has 3 aromatic rings. The summed E-state index contributed by atoms with van der Waals surface area (Å²) in [6.07, 6.45) is -1.61. The van der Waals surface area contributed by atoms with Crippen molar-refractivity contribution in [2.75, 3.05) is 0 Å². The molecule has 0 saturated heterocycles. The molecule has 0 radical (unpaired) electrons. The third kappa shape index (κ3) is 4.78. The highest BCUT2D eigenvalue weighted by Crippen LogP contribution is 2.29. The molecule has 1 heterocycles. The molecule has 0 spiro atoms.